The molecule has 1 nitrogen and oxygen atoms in total. The molecule has 1 heterocycles. The smallest absolute Gasteiger partial charge is 0.0450 e. The van der Waals surface area contributed by atoms with Crippen molar-refractivity contribution in [2.24, 2.45) is 0 Å². The normalized spacial score (nSPS) is 19.6. The van der Waals surface area contributed by atoms with Crippen molar-refractivity contribution in [2.45, 2.75) is 96.8 Å². The molecule has 0 atom stereocenters. The number of anilines is 1. The van der Waals surface area contributed by atoms with E-state index in [2.05, 4.69) is 132 Å². The number of aryl methyl sites for hydroxylation is 3. The van der Waals surface area contributed by atoms with E-state index in [0.29, 0.717) is 0 Å². The summed E-state index contributed by atoms with van der Waals surface area (Å²) in [7, 11) is 2.22. The van der Waals surface area contributed by atoms with E-state index >= 15 is 0 Å². The van der Waals surface area contributed by atoms with Gasteiger partial charge in [-0.05, 0) is 115 Å². The largest absolute Gasteiger partial charge is 0.347 e. The van der Waals surface area contributed by atoms with Gasteiger partial charge < -0.3 is 4.90 Å². The second-order valence-electron chi connectivity index (χ2n) is 13.3. The van der Waals surface area contributed by atoms with Crippen molar-refractivity contribution < 1.29 is 0 Å². The van der Waals surface area contributed by atoms with E-state index in [-0.39, 0.29) is 10.8 Å². The Hall–Kier alpha value is -3.32. The Kier molecular flexibility index (Phi) is 8.46. The Labute approximate surface area is 249 Å². The minimum Gasteiger partial charge on any atom is -0.347 e. The second kappa shape index (κ2) is 11.9. The van der Waals surface area contributed by atoms with Gasteiger partial charge in [-0.2, -0.15) is 0 Å². The number of hydrogen-bond acceptors (Lipinski definition) is 1. The summed E-state index contributed by atoms with van der Waals surface area (Å²) in [6, 6.07) is 9.37. The van der Waals surface area contributed by atoms with Crippen LogP contribution in [0.3, 0.4) is 0 Å². The molecule has 3 aliphatic rings. The summed E-state index contributed by atoms with van der Waals surface area (Å²) in [5.74, 6) is 0. The van der Waals surface area contributed by atoms with Crippen molar-refractivity contribution >= 4 is 5.69 Å². The maximum absolute atomic E-state index is 4.48. The molecule has 0 fully saturated rings. The zero-order chi connectivity index (χ0) is 29.2. The molecular formula is C40H49N. The molecule has 0 amide bonds. The summed E-state index contributed by atoms with van der Waals surface area (Å²) in [6.07, 6.45) is 29.4. The summed E-state index contributed by atoms with van der Waals surface area (Å²) in [6.45, 7) is 16.2. The molecule has 0 saturated carbocycles. The van der Waals surface area contributed by atoms with Crippen LogP contribution in [0.25, 0.3) is 0 Å². The Morgan fingerprint density at radius 2 is 1.34 bits per heavy atom. The molecule has 0 bridgehead atoms. The van der Waals surface area contributed by atoms with Crippen LogP contribution < -0.4 is 4.90 Å². The third kappa shape index (κ3) is 5.61. The Morgan fingerprint density at radius 1 is 0.780 bits per heavy atom. The molecule has 41 heavy (non-hydrogen) atoms. The zero-order valence-corrected chi connectivity index (χ0v) is 26.3. The second-order valence-corrected chi connectivity index (χ2v) is 13.3. The highest BCUT2D eigenvalue weighted by molar-refractivity contribution is 5.73. The number of allylic oxidation sites excluding steroid dienone is 11. The van der Waals surface area contributed by atoms with Crippen LogP contribution in [-0.4, -0.2) is 7.05 Å². The van der Waals surface area contributed by atoms with Gasteiger partial charge in [0.15, 0.2) is 0 Å². The van der Waals surface area contributed by atoms with Crippen LogP contribution >= 0.6 is 0 Å². The summed E-state index contributed by atoms with van der Waals surface area (Å²) in [4.78, 5) is 2.39. The lowest BCUT2D eigenvalue weighted by molar-refractivity contribution is 0.602. The average Bonchev–Trinajstić information content (AvgIpc) is 3.16. The quantitative estimate of drug-likeness (QED) is 0.314. The Morgan fingerprint density at radius 3 is 2.05 bits per heavy atom. The first kappa shape index (κ1) is 29.2. The Bertz CT molecular complexity index is 1470. The molecule has 2 aliphatic carbocycles. The molecule has 1 heteroatoms. The number of fused-ring (bicyclic) bond motifs is 4. The maximum atomic E-state index is 4.48. The molecular weight excluding hydrogens is 494 g/mol. The number of nitrogens with zero attached hydrogens (tertiary/aromatic N) is 1. The van der Waals surface area contributed by atoms with Gasteiger partial charge in [-0.1, -0.05) is 101 Å². The van der Waals surface area contributed by atoms with E-state index in [4.69, 9.17) is 0 Å². The Balaban J connectivity index is 1.21. The number of hydrogen-bond donors (Lipinski definition) is 0. The standard InChI is InChI=1S/C40H49N/c1-29-25-26-31-20-15-17-22-33(31)37(29)39(3,4)30(2)19-13-11-9-8-10-12-14-24-36-40(5,6)38-34-23-18-16-21-32(34)27-28-35(38)41(36)7/h8-14,19,24-28H,2,15-18,20-23H2,1,3-7H3/b10-8+,11-9+,14-12+,19-13+,36-24+. The minimum atomic E-state index is -0.0800. The van der Waals surface area contributed by atoms with Crippen LogP contribution in [0.2, 0.25) is 0 Å². The molecule has 0 aromatic heterocycles. The fourth-order valence-corrected chi connectivity index (χ4v) is 7.61. The lowest BCUT2D eigenvalue weighted by atomic mass is 9.71. The molecule has 0 N–H and O–H groups in total. The van der Waals surface area contributed by atoms with Crippen molar-refractivity contribution in [1.82, 2.24) is 0 Å². The predicted octanol–water partition coefficient (Wildman–Crippen LogP) is 10.1. The van der Waals surface area contributed by atoms with E-state index in [9.17, 15) is 0 Å². The maximum Gasteiger partial charge on any atom is 0.0450 e. The summed E-state index contributed by atoms with van der Waals surface area (Å²) in [5, 5.41) is 0. The van der Waals surface area contributed by atoms with E-state index in [1.807, 2.05) is 0 Å². The molecule has 1 aliphatic heterocycles. The lowest BCUT2D eigenvalue weighted by Crippen LogP contribution is -2.24. The van der Waals surface area contributed by atoms with Crippen molar-refractivity contribution in [1.29, 1.82) is 0 Å². The first-order valence-corrected chi connectivity index (χ1v) is 15.7. The molecule has 0 unspecified atom stereocenters. The highest BCUT2D eigenvalue weighted by Crippen LogP contribution is 2.50. The van der Waals surface area contributed by atoms with Gasteiger partial charge in [-0.25, -0.2) is 0 Å². The number of rotatable bonds is 7. The highest BCUT2D eigenvalue weighted by Gasteiger charge is 2.40. The van der Waals surface area contributed by atoms with Gasteiger partial charge in [-0.3, -0.25) is 0 Å². The average molecular weight is 544 g/mol. The van der Waals surface area contributed by atoms with E-state index in [1.54, 1.807) is 27.8 Å². The SMILES string of the molecule is C=C(/C=C/C=C/C=C/C=C/C=C1/N(C)c2ccc3c(c2C1(C)C)CCCC3)C(C)(C)c1c(C)ccc2c1CCCC2. The molecule has 0 radical (unpaired) electrons. The number of likely N-dealkylation sites (N-methyl/N-ethyl adjacent to an activating group) is 1. The van der Waals surface area contributed by atoms with Crippen LogP contribution in [0.1, 0.15) is 92.3 Å². The van der Waals surface area contributed by atoms with Gasteiger partial charge >= 0.3 is 0 Å². The van der Waals surface area contributed by atoms with E-state index in [0.717, 1.165) is 5.57 Å². The first-order valence-electron chi connectivity index (χ1n) is 15.7. The third-order valence-corrected chi connectivity index (χ3v) is 9.89. The monoisotopic (exact) mass is 543 g/mol. The van der Waals surface area contributed by atoms with Crippen LogP contribution in [0.15, 0.2) is 96.8 Å². The molecule has 2 aromatic carbocycles. The summed E-state index contributed by atoms with van der Waals surface area (Å²) in [5.41, 5.74) is 14.6. The van der Waals surface area contributed by atoms with Crippen molar-refractivity contribution in [3.63, 3.8) is 0 Å². The van der Waals surface area contributed by atoms with E-state index < -0.39 is 0 Å². The number of benzene rings is 2. The molecule has 214 valence electrons. The lowest BCUT2D eigenvalue weighted by Gasteiger charge is -2.33. The third-order valence-electron chi connectivity index (χ3n) is 9.89. The minimum absolute atomic E-state index is 0.0271. The van der Waals surface area contributed by atoms with Crippen molar-refractivity contribution in [2.75, 3.05) is 11.9 Å². The zero-order valence-electron chi connectivity index (χ0n) is 26.3. The fourth-order valence-electron chi connectivity index (χ4n) is 7.61. The van der Waals surface area contributed by atoms with Gasteiger partial charge in [0, 0.05) is 29.3 Å². The molecule has 0 saturated heterocycles. The van der Waals surface area contributed by atoms with Gasteiger partial charge in [0.05, 0.1) is 0 Å². The molecule has 0 spiro atoms. The van der Waals surface area contributed by atoms with Crippen molar-refractivity contribution in [3.8, 4) is 0 Å². The summed E-state index contributed by atoms with van der Waals surface area (Å²) < 4.78 is 0. The topological polar surface area (TPSA) is 3.24 Å². The van der Waals surface area contributed by atoms with Gasteiger partial charge in [0.25, 0.3) is 0 Å². The van der Waals surface area contributed by atoms with Gasteiger partial charge in [0.2, 0.25) is 0 Å². The highest BCUT2D eigenvalue weighted by atomic mass is 15.2. The fraction of sp³-hybridized carbons (Fsp3) is 0.400. The van der Waals surface area contributed by atoms with Gasteiger partial charge in [0.1, 0.15) is 0 Å². The molecule has 5 rings (SSSR count). The summed E-state index contributed by atoms with van der Waals surface area (Å²) >= 11 is 0. The predicted molar refractivity (Wildman–Crippen MR) is 179 cm³/mol. The van der Waals surface area contributed by atoms with Crippen LogP contribution in [0, 0.1) is 6.92 Å². The van der Waals surface area contributed by atoms with Crippen LogP contribution in [-0.2, 0) is 36.5 Å². The molecule has 2 aromatic rings. The van der Waals surface area contributed by atoms with Crippen LogP contribution in [0.5, 0.6) is 0 Å². The van der Waals surface area contributed by atoms with Crippen LogP contribution in [0.4, 0.5) is 5.69 Å². The van der Waals surface area contributed by atoms with E-state index in [1.165, 1.54) is 73.9 Å². The van der Waals surface area contributed by atoms with Crippen molar-refractivity contribution in [3.05, 3.63) is 136 Å². The first-order chi connectivity index (χ1) is 19.6. The van der Waals surface area contributed by atoms with Gasteiger partial charge in [-0.15, -0.1) is 0 Å².